The number of anilines is 1. The average molecular weight is 301 g/mol. The van der Waals surface area contributed by atoms with Crippen LogP contribution < -0.4 is 10.1 Å². The Morgan fingerprint density at radius 3 is 2.76 bits per heavy atom. The molecule has 0 radical (unpaired) electrons. The molecule has 1 aliphatic rings. The van der Waals surface area contributed by atoms with Crippen LogP contribution in [0.3, 0.4) is 0 Å². The topological polar surface area (TPSA) is 58.6 Å². The molecule has 2 rings (SSSR count). The van der Waals surface area contributed by atoms with Crippen molar-refractivity contribution in [2.24, 2.45) is 0 Å². The molecule has 0 saturated carbocycles. The molecule has 0 aromatic heterocycles. The second-order valence-corrected chi connectivity index (χ2v) is 4.70. The largest absolute Gasteiger partial charge is 0.573 e. The number of ether oxygens (including phenoxy) is 1. The van der Waals surface area contributed by atoms with Crippen LogP contribution in [0.2, 0.25) is 0 Å². The molecule has 4 nitrogen and oxygen atoms in total. The van der Waals surface area contributed by atoms with Gasteiger partial charge in [0.1, 0.15) is 11.8 Å². The normalized spacial score (nSPS) is 21.7. The van der Waals surface area contributed by atoms with Crippen LogP contribution >= 0.6 is 0 Å². The number of allylic oxidation sites excluding steroid dienone is 2. The van der Waals surface area contributed by atoms with E-state index in [1.165, 1.54) is 12.1 Å². The lowest BCUT2D eigenvalue weighted by atomic mass is 9.86. The molecule has 1 aromatic carbocycles. The van der Waals surface area contributed by atoms with Crippen molar-refractivity contribution in [1.82, 2.24) is 0 Å². The lowest BCUT2D eigenvalue weighted by Gasteiger charge is -2.30. The van der Waals surface area contributed by atoms with E-state index < -0.39 is 18.4 Å². The highest BCUT2D eigenvalue weighted by Crippen LogP contribution is 2.38. The maximum absolute atomic E-state index is 12.3. The van der Waals surface area contributed by atoms with Gasteiger partial charge in [-0.05, 0) is 37.1 Å². The van der Waals surface area contributed by atoms with Crippen LogP contribution in [-0.2, 0) is 4.79 Å². The summed E-state index contributed by atoms with van der Waals surface area (Å²) in [5, 5.41) is 11.9. The Morgan fingerprint density at radius 2 is 2.19 bits per heavy atom. The molecule has 0 aliphatic carbocycles. The number of carboxylic acids is 1. The predicted molar refractivity (Wildman–Crippen MR) is 70.3 cm³/mol. The minimum Gasteiger partial charge on any atom is -0.480 e. The van der Waals surface area contributed by atoms with Crippen molar-refractivity contribution in [2.45, 2.75) is 31.7 Å². The van der Waals surface area contributed by atoms with Crippen molar-refractivity contribution in [3.63, 3.8) is 0 Å². The summed E-state index contributed by atoms with van der Waals surface area (Å²) in [6.07, 6.45) is -0.971. The van der Waals surface area contributed by atoms with Gasteiger partial charge in [0.2, 0.25) is 0 Å². The summed E-state index contributed by atoms with van der Waals surface area (Å²) in [6, 6.07) is 3.09. The molecule has 7 heteroatoms. The zero-order valence-electron chi connectivity index (χ0n) is 11.1. The molecule has 0 bridgehead atoms. The van der Waals surface area contributed by atoms with Gasteiger partial charge in [-0.2, -0.15) is 0 Å². The molecular formula is C14H14F3NO3. The van der Waals surface area contributed by atoms with E-state index in [2.05, 4.69) is 10.1 Å². The van der Waals surface area contributed by atoms with E-state index in [9.17, 15) is 18.0 Å². The number of hydrogen-bond donors (Lipinski definition) is 2. The first kappa shape index (κ1) is 15.2. The molecule has 0 spiro atoms. The van der Waals surface area contributed by atoms with E-state index in [-0.39, 0.29) is 18.1 Å². The van der Waals surface area contributed by atoms with Gasteiger partial charge in [-0.3, -0.25) is 0 Å². The second-order valence-electron chi connectivity index (χ2n) is 4.70. The maximum Gasteiger partial charge on any atom is 0.573 e. The zero-order valence-corrected chi connectivity index (χ0v) is 11.1. The number of carboxylic acid groups (broad SMARTS) is 1. The molecule has 2 N–H and O–H groups in total. The second kappa shape index (κ2) is 5.67. The fraction of sp³-hybridized carbons (Fsp3) is 0.357. The molecule has 1 heterocycles. The fourth-order valence-electron chi connectivity index (χ4n) is 2.38. The Bertz CT molecular complexity index is 569. The third-order valence-electron chi connectivity index (χ3n) is 3.20. The molecule has 0 fully saturated rings. The average Bonchev–Trinajstić information content (AvgIpc) is 2.37. The molecule has 1 aliphatic heterocycles. The number of fused-ring (bicyclic) bond motifs is 1. The Balaban J connectivity index is 2.36. The first-order chi connectivity index (χ1) is 9.80. The number of carbonyl (C=O) groups is 1. The number of rotatable bonds is 3. The van der Waals surface area contributed by atoms with Crippen molar-refractivity contribution in [3.8, 4) is 5.75 Å². The quantitative estimate of drug-likeness (QED) is 0.839. The zero-order chi connectivity index (χ0) is 15.6. The monoisotopic (exact) mass is 301 g/mol. The smallest absolute Gasteiger partial charge is 0.480 e. The molecule has 0 amide bonds. The molecule has 114 valence electrons. The highest BCUT2D eigenvalue weighted by Gasteiger charge is 2.33. The Kier molecular flexibility index (Phi) is 4.11. The third-order valence-corrected chi connectivity index (χ3v) is 3.20. The highest BCUT2D eigenvalue weighted by molar-refractivity contribution is 5.79. The summed E-state index contributed by atoms with van der Waals surface area (Å²) in [4.78, 5) is 11.1. The molecule has 0 saturated heterocycles. The van der Waals surface area contributed by atoms with Gasteiger partial charge in [0.15, 0.2) is 0 Å². The SMILES string of the molecule is C/C=C\C1CC(C(=O)O)Nc2ccc(OC(F)(F)F)cc21. The van der Waals surface area contributed by atoms with Crippen LogP contribution in [0.4, 0.5) is 18.9 Å². The van der Waals surface area contributed by atoms with E-state index in [1.54, 1.807) is 19.1 Å². The molecule has 21 heavy (non-hydrogen) atoms. The first-order valence-corrected chi connectivity index (χ1v) is 6.32. The van der Waals surface area contributed by atoms with Gasteiger partial charge in [0.25, 0.3) is 0 Å². The molecule has 1 aromatic rings. The van der Waals surface area contributed by atoms with Crippen LogP contribution in [0.25, 0.3) is 0 Å². The van der Waals surface area contributed by atoms with Gasteiger partial charge in [0.05, 0.1) is 0 Å². The number of benzene rings is 1. The number of nitrogens with one attached hydrogen (secondary N) is 1. The first-order valence-electron chi connectivity index (χ1n) is 6.32. The predicted octanol–water partition coefficient (Wildman–Crippen LogP) is 3.51. The van der Waals surface area contributed by atoms with Gasteiger partial charge in [-0.25, -0.2) is 4.79 Å². The van der Waals surface area contributed by atoms with Crippen molar-refractivity contribution < 1.29 is 27.8 Å². The Morgan fingerprint density at radius 1 is 1.48 bits per heavy atom. The van der Waals surface area contributed by atoms with E-state index in [4.69, 9.17) is 5.11 Å². The summed E-state index contributed by atoms with van der Waals surface area (Å²) in [5.74, 6) is -1.58. The number of hydrogen-bond acceptors (Lipinski definition) is 3. The van der Waals surface area contributed by atoms with Crippen LogP contribution in [-0.4, -0.2) is 23.5 Å². The van der Waals surface area contributed by atoms with Gasteiger partial charge in [-0.15, -0.1) is 13.2 Å². The fourth-order valence-corrected chi connectivity index (χ4v) is 2.38. The van der Waals surface area contributed by atoms with Gasteiger partial charge in [0, 0.05) is 11.6 Å². The van der Waals surface area contributed by atoms with Crippen LogP contribution in [0.5, 0.6) is 5.75 Å². The lowest BCUT2D eigenvalue weighted by molar-refractivity contribution is -0.274. The maximum atomic E-state index is 12.3. The minimum absolute atomic E-state index is 0.266. The number of aliphatic carboxylic acids is 1. The molecule has 2 unspecified atom stereocenters. The van der Waals surface area contributed by atoms with Crippen LogP contribution in [0.1, 0.15) is 24.8 Å². The summed E-state index contributed by atoms with van der Waals surface area (Å²) in [5.41, 5.74) is 1.10. The molecular weight excluding hydrogens is 287 g/mol. The van der Waals surface area contributed by atoms with Crippen molar-refractivity contribution in [1.29, 1.82) is 0 Å². The van der Waals surface area contributed by atoms with Crippen LogP contribution in [0.15, 0.2) is 30.4 Å². The van der Waals surface area contributed by atoms with Gasteiger partial charge in [-0.1, -0.05) is 12.2 Å². The standard InChI is InChI=1S/C14H14F3NO3/c1-2-3-8-6-12(13(19)20)18-11-5-4-9(7-10(8)11)21-14(15,16)17/h2-5,7-8,12,18H,6H2,1H3,(H,19,20)/b3-2-. The Labute approximate surface area is 119 Å². The van der Waals surface area contributed by atoms with E-state index in [0.29, 0.717) is 11.3 Å². The van der Waals surface area contributed by atoms with Gasteiger partial charge < -0.3 is 15.2 Å². The lowest BCUT2D eigenvalue weighted by Crippen LogP contribution is -2.34. The van der Waals surface area contributed by atoms with Crippen molar-refractivity contribution in [2.75, 3.05) is 5.32 Å². The summed E-state index contributed by atoms with van der Waals surface area (Å²) in [6.45, 7) is 1.77. The summed E-state index contributed by atoms with van der Waals surface area (Å²) in [7, 11) is 0. The third kappa shape index (κ3) is 3.68. The van der Waals surface area contributed by atoms with E-state index in [0.717, 1.165) is 6.07 Å². The Hall–Kier alpha value is -2.18. The van der Waals surface area contributed by atoms with Gasteiger partial charge >= 0.3 is 12.3 Å². The van der Waals surface area contributed by atoms with E-state index >= 15 is 0 Å². The van der Waals surface area contributed by atoms with Crippen molar-refractivity contribution >= 4 is 11.7 Å². The van der Waals surface area contributed by atoms with Crippen LogP contribution in [0, 0.1) is 0 Å². The number of alkyl halides is 3. The number of halogens is 3. The summed E-state index contributed by atoms with van der Waals surface area (Å²) >= 11 is 0. The summed E-state index contributed by atoms with van der Waals surface area (Å²) < 4.78 is 40.7. The van der Waals surface area contributed by atoms with E-state index in [1.807, 2.05) is 0 Å². The molecule has 2 atom stereocenters. The highest BCUT2D eigenvalue weighted by atomic mass is 19.4. The van der Waals surface area contributed by atoms with Crippen molar-refractivity contribution in [3.05, 3.63) is 35.9 Å². The minimum atomic E-state index is -4.75.